The fourth-order valence-electron chi connectivity index (χ4n) is 2.64. The third-order valence-electron chi connectivity index (χ3n) is 4.03. The van der Waals surface area contributed by atoms with Gasteiger partial charge in [0.25, 0.3) is 5.56 Å². The van der Waals surface area contributed by atoms with Crippen molar-refractivity contribution >= 4 is 5.91 Å². The number of carbonyl (C=O) groups is 1. The van der Waals surface area contributed by atoms with E-state index >= 15 is 0 Å². The van der Waals surface area contributed by atoms with E-state index in [-0.39, 0.29) is 38.0 Å². The van der Waals surface area contributed by atoms with E-state index < -0.39 is 23.6 Å². The minimum absolute atomic E-state index is 0.0103. The highest BCUT2D eigenvalue weighted by molar-refractivity contribution is 5.76. The predicted molar refractivity (Wildman–Crippen MR) is 75.5 cm³/mol. The number of pyridine rings is 1. The van der Waals surface area contributed by atoms with Crippen molar-refractivity contribution in [2.75, 3.05) is 13.1 Å². The number of hydrogen-bond acceptors (Lipinski definition) is 3. The molecule has 1 aliphatic rings. The quantitative estimate of drug-likeness (QED) is 0.832. The van der Waals surface area contributed by atoms with Crippen molar-refractivity contribution in [2.45, 2.75) is 32.5 Å². The molecule has 0 radical (unpaired) electrons. The van der Waals surface area contributed by atoms with E-state index in [9.17, 15) is 22.8 Å². The molecule has 1 unspecified atom stereocenters. The first-order valence-corrected chi connectivity index (χ1v) is 7.18. The number of piperidine rings is 1. The summed E-state index contributed by atoms with van der Waals surface area (Å²) in [5.74, 6) is -2.07. The van der Waals surface area contributed by atoms with Gasteiger partial charge in [-0.15, -0.1) is 0 Å². The Morgan fingerprint density at radius 1 is 1.48 bits per heavy atom. The molecule has 2 heterocycles. The highest BCUT2D eigenvalue weighted by atomic mass is 19.4. The normalized spacial score (nSPS) is 18.6. The highest BCUT2D eigenvalue weighted by Gasteiger charge is 2.42. The van der Waals surface area contributed by atoms with Crippen LogP contribution in [-0.2, 0) is 11.3 Å². The highest BCUT2D eigenvalue weighted by Crippen LogP contribution is 2.33. The average Bonchev–Trinajstić information content (AvgIpc) is 2.50. The molecule has 1 atom stereocenters. The molecule has 1 saturated heterocycles. The molecule has 0 N–H and O–H groups in total. The summed E-state index contributed by atoms with van der Waals surface area (Å²) in [6, 6.07) is 3.31. The van der Waals surface area contributed by atoms with Crippen molar-refractivity contribution in [2.24, 2.45) is 5.92 Å². The van der Waals surface area contributed by atoms with Gasteiger partial charge >= 0.3 is 6.18 Å². The van der Waals surface area contributed by atoms with Crippen LogP contribution in [0.25, 0.3) is 0 Å². The lowest BCUT2D eigenvalue weighted by Gasteiger charge is -2.33. The second kappa shape index (κ2) is 6.44. The lowest BCUT2D eigenvalue weighted by molar-refractivity contribution is -0.188. The smallest absolute Gasteiger partial charge is 0.341 e. The van der Waals surface area contributed by atoms with Gasteiger partial charge in [-0.25, -0.2) is 0 Å². The maximum absolute atomic E-state index is 12.8. The first-order chi connectivity index (χ1) is 10.7. The minimum atomic E-state index is -4.33. The van der Waals surface area contributed by atoms with Gasteiger partial charge in [0.05, 0.1) is 5.92 Å². The second-order valence-corrected chi connectivity index (χ2v) is 5.64. The number of nitrogens with zero attached hydrogens (tertiary/aromatic N) is 3. The van der Waals surface area contributed by atoms with Crippen LogP contribution in [0, 0.1) is 24.2 Å². The van der Waals surface area contributed by atoms with Crippen LogP contribution in [0.5, 0.6) is 0 Å². The molecule has 1 aromatic rings. The van der Waals surface area contributed by atoms with E-state index in [0.29, 0.717) is 5.56 Å². The van der Waals surface area contributed by atoms with Gasteiger partial charge in [0.1, 0.15) is 18.2 Å². The fraction of sp³-hybridized carbons (Fsp3) is 0.533. The Morgan fingerprint density at radius 3 is 2.78 bits per heavy atom. The number of amides is 1. The van der Waals surface area contributed by atoms with Gasteiger partial charge in [0.2, 0.25) is 5.91 Å². The lowest BCUT2D eigenvalue weighted by Crippen LogP contribution is -2.46. The number of rotatable bonds is 2. The molecule has 1 aromatic heterocycles. The molecular formula is C15H16F3N3O2. The van der Waals surface area contributed by atoms with Gasteiger partial charge in [-0.05, 0) is 31.4 Å². The molecule has 1 aliphatic heterocycles. The summed E-state index contributed by atoms with van der Waals surface area (Å²) >= 11 is 0. The summed E-state index contributed by atoms with van der Waals surface area (Å²) < 4.78 is 39.4. The van der Waals surface area contributed by atoms with Gasteiger partial charge in [-0.1, -0.05) is 0 Å². The number of nitriles is 1. The van der Waals surface area contributed by atoms with Crippen LogP contribution in [0.1, 0.15) is 24.0 Å². The van der Waals surface area contributed by atoms with Crippen molar-refractivity contribution in [1.82, 2.24) is 9.47 Å². The number of carbonyl (C=O) groups excluding carboxylic acids is 1. The van der Waals surface area contributed by atoms with E-state index in [2.05, 4.69) is 0 Å². The number of alkyl halides is 3. The molecule has 124 valence electrons. The molecule has 0 aliphatic carbocycles. The van der Waals surface area contributed by atoms with Crippen LogP contribution in [0.4, 0.5) is 13.2 Å². The Hall–Kier alpha value is -2.30. The van der Waals surface area contributed by atoms with E-state index in [4.69, 9.17) is 5.26 Å². The molecule has 0 bridgehead atoms. The molecule has 0 spiro atoms. The minimum Gasteiger partial charge on any atom is -0.341 e. The maximum Gasteiger partial charge on any atom is 0.393 e. The number of aryl methyl sites for hydroxylation is 1. The number of hydrogen-bond donors (Lipinski definition) is 0. The lowest BCUT2D eigenvalue weighted by atomic mass is 9.97. The van der Waals surface area contributed by atoms with Crippen molar-refractivity contribution in [1.29, 1.82) is 5.26 Å². The Balaban J connectivity index is 2.14. The zero-order chi connectivity index (χ0) is 17.2. The van der Waals surface area contributed by atoms with Crippen LogP contribution in [0.2, 0.25) is 0 Å². The molecule has 8 heteroatoms. The summed E-state index contributed by atoms with van der Waals surface area (Å²) in [4.78, 5) is 25.4. The summed E-state index contributed by atoms with van der Waals surface area (Å²) in [5.41, 5.74) is -0.173. The molecule has 0 saturated carbocycles. The Morgan fingerprint density at radius 2 is 2.17 bits per heavy atom. The number of aromatic nitrogens is 1. The zero-order valence-corrected chi connectivity index (χ0v) is 12.6. The Labute approximate surface area is 130 Å². The third-order valence-corrected chi connectivity index (χ3v) is 4.03. The Bertz CT molecular complexity index is 703. The topological polar surface area (TPSA) is 66.1 Å². The van der Waals surface area contributed by atoms with Crippen LogP contribution in [-0.4, -0.2) is 34.6 Å². The molecule has 23 heavy (non-hydrogen) atoms. The van der Waals surface area contributed by atoms with Crippen molar-refractivity contribution in [3.63, 3.8) is 0 Å². The fourth-order valence-corrected chi connectivity index (χ4v) is 2.64. The first-order valence-electron chi connectivity index (χ1n) is 7.18. The Kier molecular flexibility index (Phi) is 4.78. The molecule has 1 fully saturated rings. The molecule has 5 nitrogen and oxygen atoms in total. The van der Waals surface area contributed by atoms with E-state index in [0.717, 1.165) is 9.47 Å². The molecule has 2 rings (SSSR count). The monoisotopic (exact) mass is 327 g/mol. The van der Waals surface area contributed by atoms with Crippen LogP contribution in [0.3, 0.4) is 0 Å². The number of halogens is 3. The average molecular weight is 327 g/mol. The molecule has 1 amide bonds. The largest absolute Gasteiger partial charge is 0.393 e. The van der Waals surface area contributed by atoms with Gasteiger partial charge in [-0.3, -0.25) is 9.59 Å². The summed E-state index contributed by atoms with van der Waals surface area (Å²) in [7, 11) is 0. The SMILES string of the molecule is Cc1ccn(CC(=O)N2CCCC(C(F)(F)F)C2)c(=O)c1C#N. The van der Waals surface area contributed by atoms with E-state index in [1.165, 1.54) is 12.3 Å². The zero-order valence-electron chi connectivity index (χ0n) is 12.6. The van der Waals surface area contributed by atoms with Gasteiger partial charge in [0.15, 0.2) is 0 Å². The molecule has 0 aromatic carbocycles. The standard InChI is InChI=1S/C15H16F3N3O2/c1-10-4-6-21(14(23)12(10)7-19)9-13(22)20-5-2-3-11(8-20)15(16,17)18/h4,6,11H,2-3,5,8-9H2,1H3. The van der Waals surface area contributed by atoms with Gasteiger partial charge in [0, 0.05) is 19.3 Å². The van der Waals surface area contributed by atoms with Gasteiger partial charge in [-0.2, -0.15) is 18.4 Å². The van der Waals surface area contributed by atoms with Crippen LogP contribution >= 0.6 is 0 Å². The second-order valence-electron chi connectivity index (χ2n) is 5.64. The molecular weight excluding hydrogens is 311 g/mol. The third kappa shape index (κ3) is 3.73. The van der Waals surface area contributed by atoms with E-state index in [1.54, 1.807) is 13.0 Å². The van der Waals surface area contributed by atoms with Crippen molar-refractivity contribution in [3.8, 4) is 6.07 Å². The predicted octanol–water partition coefficient (Wildman–Crippen LogP) is 1.83. The van der Waals surface area contributed by atoms with Crippen molar-refractivity contribution < 1.29 is 18.0 Å². The summed E-state index contributed by atoms with van der Waals surface area (Å²) in [6.07, 6.45) is -2.66. The summed E-state index contributed by atoms with van der Waals surface area (Å²) in [6.45, 7) is 1.11. The van der Waals surface area contributed by atoms with E-state index in [1.807, 2.05) is 0 Å². The summed E-state index contributed by atoms with van der Waals surface area (Å²) in [5, 5.41) is 8.95. The first kappa shape index (κ1) is 17.1. The van der Waals surface area contributed by atoms with Crippen LogP contribution in [0.15, 0.2) is 17.1 Å². The van der Waals surface area contributed by atoms with Crippen LogP contribution < -0.4 is 5.56 Å². The van der Waals surface area contributed by atoms with Gasteiger partial charge < -0.3 is 9.47 Å². The van der Waals surface area contributed by atoms with Crippen molar-refractivity contribution in [3.05, 3.63) is 33.7 Å². The number of likely N-dealkylation sites (tertiary alicyclic amines) is 1. The maximum atomic E-state index is 12.8.